The van der Waals surface area contributed by atoms with Crippen molar-refractivity contribution in [2.45, 2.75) is 32.7 Å². The fourth-order valence-electron chi connectivity index (χ4n) is 2.30. The Kier molecular flexibility index (Phi) is 3.77. The maximum atomic E-state index is 12.4. The minimum atomic E-state index is -0.962. The van der Waals surface area contributed by atoms with Gasteiger partial charge in [-0.05, 0) is 12.8 Å². The van der Waals surface area contributed by atoms with Crippen molar-refractivity contribution in [3.8, 4) is 0 Å². The summed E-state index contributed by atoms with van der Waals surface area (Å²) in [5.41, 5.74) is 0. The van der Waals surface area contributed by atoms with Gasteiger partial charge in [-0.1, -0.05) is 19.1 Å². The average Bonchev–Trinajstić information content (AvgIpc) is 3.05. The van der Waals surface area contributed by atoms with E-state index in [-0.39, 0.29) is 11.9 Å². The van der Waals surface area contributed by atoms with Gasteiger partial charge in [0.15, 0.2) is 5.82 Å². The third kappa shape index (κ3) is 2.56. The summed E-state index contributed by atoms with van der Waals surface area (Å²) in [6.07, 6.45) is 1.64. The van der Waals surface area contributed by atoms with Gasteiger partial charge in [-0.3, -0.25) is 9.59 Å². The predicted octanol–water partition coefficient (Wildman–Crippen LogP) is 0.220. The van der Waals surface area contributed by atoms with Crippen molar-refractivity contribution in [1.82, 2.24) is 25.5 Å². The molecule has 0 bridgehead atoms. The molecule has 19 heavy (non-hydrogen) atoms. The third-order valence-electron chi connectivity index (χ3n) is 3.72. The van der Waals surface area contributed by atoms with Crippen LogP contribution in [0.15, 0.2) is 0 Å². The highest BCUT2D eigenvalue weighted by molar-refractivity contribution is 5.84. The number of carboxylic acid groups (broad SMARTS) is 1. The van der Waals surface area contributed by atoms with Gasteiger partial charge in [-0.15, -0.1) is 10.2 Å². The standard InChI is InChI=1S/C11H17N5O3/c1-6(7(2)11(18)19)10(17)16-5-3-4-8(16)9-12-14-15-13-9/h6-8H,3-5H2,1-2H3,(H,18,19)(H,12,13,14,15). The van der Waals surface area contributed by atoms with Crippen LogP contribution < -0.4 is 0 Å². The zero-order chi connectivity index (χ0) is 14.0. The Bertz CT molecular complexity index is 461. The first kappa shape index (κ1) is 13.4. The van der Waals surface area contributed by atoms with Crippen LogP contribution in [0.3, 0.4) is 0 Å². The van der Waals surface area contributed by atoms with Crippen molar-refractivity contribution in [2.75, 3.05) is 6.54 Å². The van der Waals surface area contributed by atoms with Crippen LogP contribution in [0.5, 0.6) is 0 Å². The van der Waals surface area contributed by atoms with E-state index in [1.807, 2.05) is 0 Å². The highest BCUT2D eigenvalue weighted by atomic mass is 16.4. The molecular weight excluding hydrogens is 250 g/mol. The lowest BCUT2D eigenvalue weighted by molar-refractivity contribution is -0.149. The lowest BCUT2D eigenvalue weighted by Gasteiger charge is -2.27. The fourth-order valence-corrected chi connectivity index (χ4v) is 2.30. The van der Waals surface area contributed by atoms with E-state index in [4.69, 9.17) is 5.11 Å². The van der Waals surface area contributed by atoms with Gasteiger partial charge in [0.2, 0.25) is 5.91 Å². The molecular formula is C11H17N5O3. The summed E-state index contributed by atoms with van der Waals surface area (Å²) >= 11 is 0. The maximum absolute atomic E-state index is 12.4. The first-order chi connectivity index (χ1) is 9.02. The molecule has 2 N–H and O–H groups in total. The van der Waals surface area contributed by atoms with Crippen LogP contribution in [0.25, 0.3) is 0 Å². The summed E-state index contributed by atoms with van der Waals surface area (Å²) < 4.78 is 0. The minimum absolute atomic E-state index is 0.165. The number of hydrogen-bond donors (Lipinski definition) is 2. The number of carboxylic acids is 1. The molecule has 1 aliphatic rings. The predicted molar refractivity (Wildman–Crippen MR) is 63.8 cm³/mol. The monoisotopic (exact) mass is 267 g/mol. The molecule has 2 heterocycles. The number of aromatic nitrogens is 4. The van der Waals surface area contributed by atoms with Gasteiger partial charge in [0.1, 0.15) is 0 Å². The third-order valence-corrected chi connectivity index (χ3v) is 3.72. The molecule has 1 fully saturated rings. The number of rotatable bonds is 4. The first-order valence-corrected chi connectivity index (χ1v) is 6.29. The van der Waals surface area contributed by atoms with Crippen LogP contribution in [-0.4, -0.2) is 49.1 Å². The Morgan fingerprint density at radius 1 is 1.42 bits per heavy atom. The molecule has 0 aromatic carbocycles. The number of nitrogens with one attached hydrogen (secondary N) is 1. The molecule has 1 amide bonds. The lowest BCUT2D eigenvalue weighted by Crippen LogP contribution is -2.39. The Morgan fingerprint density at radius 2 is 2.16 bits per heavy atom. The highest BCUT2D eigenvalue weighted by Gasteiger charge is 2.37. The Balaban J connectivity index is 2.12. The molecule has 1 saturated heterocycles. The second-order valence-corrected chi connectivity index (χ2v) is 4.88. The molecule has 3 atom stereocenters. The number of likely N-dealkylation sites (tertiary alicyclic amines) is 1. The number of amides is 1. The number of H-pyrrole nitrogens is 1. The quantitative estimate of drug-likeness (QED) is 0.807. The Morgan fingerprint density at radius 3 is 2.74 bits per heavy atom. The number of carbonyl (C=O) groups excluding carboxylic acids is 1. The molecule has 8 nitrogen and oxygen atoms in total. The number of aliphatic carboxylic acids is 1. The minimum Gasteiger partial charge on any atom is -0.481 e. The zero-order valence-corrected chi connectivity index (χ0v) is 10.9. The molecule has 0 saturated carbocycles. The maximum Gasteiger partial charge on any atom is 0.307 e. The molecule has 0 aliphatic carbocycles. The van der Waals surface area contributed by atoms with Gasteiger partial charge in [0.05, 0.1) is 12.0 Å². The number of nitrogens with zero attached hydrogens (tertiary/aromatic N) is 4. The summed E-state index contributed by atoms with van der Waals surface area (Å²) in [6.45, 7) is 3.80. The summed E-state index contributed by atoms with van der Waals surface area (Å²) in [7, 11) is 0. The van der Waals surface area contributed by atoms with Gasteiger partial charge in [-0.25, -0.2) is 0 Å². The Hall–Kier alpha value is -1.99. The van der Waals surface area contributed by atoms with E-state index in [2.05, 4.69) is 20.6 Å². The van der Waals surface area contributed by atoms with Crippen molar-refractivity contribution in [1.29, 1.82) is 0 Å². The van der Waals surface area contributed by atoms with Gasteiger partial charge >= 0.3 is 5.97 Å². The van der Waals surface area contributed by atoms with E-state index < -0.39 is 17.8 Å². The first-order valence-electron chi connectivity index (χ1n) is 6.29. The van der Waals surface area contributed by atoms with E-state index in [0.29, 0.717) is 12.4 Å². The molecule has 1 aromatic rings. The number of carbonyl (C=O) groups is 2. The molecule has 1 aliphatic heterocycles. The number of tetrazole rings is 1. The van der Waals surface area contributed by atoms with Crippen molar-refractivity contribution in [3.63, 3.8) is 0 Å². The van der Waals surface area contributed by atoms with Crippen LogP contribution in [0, 0.1) is 11.8 Å². The second-order valence-electron chi connectivity index (χ2n) is 4.88. The lowest BCUT2D eigenvalue weighted by atomic mass is 9.94. The fraction of sp³-hybridized carbons (Fsp3) is 0.727. The smallest absolute Gasteiger partial charge is 0.307 e. The van der Waals surface area contributed by atoms with E-state index in [0.717, 1.165) is 12.8 Å². The zero-order valence-electron chi connectivity index (χ0n) is 10.9. The van der Waals surface area contributed by atoms with E-state index in [1.165, 1.54) is 0 Å². The van der Waals surface area contributed by atoms with Gasteiger partial charge < -0.3 is 10.0 Å². The summed E-state index contributed by atoms with van der Waals surface area (Å²) in [5, 5.41) is 22.7. The van der Waals surface area contributed by atoms with Gasteiger partial charge in [-0.2, -0.15) is 5.21 Å². The van der Waals surface area contributed by atoms with E-state index in [1.54, 1.807) is 18.7 Å². The topological polar surface area (TPSA) is 112 Å². The normalized spacial score (nSPS) is 22.2. The van der Waals surface area contributed by atoms with Crippen molar-refractivity contribution in [2.24, 2.45) is 11.8 Å². The van der Waals surface area contributed by atoms with Crippen LogP contribution in [0.4, 0.5) is 0 Å². The van der Waals surface area contributed by atoms with Crippen LogP contribution >= 0.6 is 0 Å². The molecule has 1 aromatic heterocycles. The summed E-state index contributed by atoms with van der Waals surface area (Å²) in [6, 6.07) is -0.199. The summed E-state index contributed by atoms with van der Waals surface area (Å²) in [5.74, 6) is -1.91. The molecule has 2 rings (SSSR count). The molecule has 0 radical (unpaired) electrons. The Labute approximate surface area is 110 Å². The van der Waals surface area contributed by atoms with Gasteiger partial charge in [0, 0.05) is 12.5 Å². The number of aromatic amines is 1. The second kappa shape index (κ2) is 5.33. The van der Waals surface area contributed by atoms with Crippen LogP contribution in [-0.2, 0) is 9.59 Å². The summed E-state index contributed by atoms with van der Waals surface area (Å²) in [4.78, 5) is 25.0. The van der Waals surface area contributed by atoms with E-state index >= 15 is 0 Å². The molecule has 0 spiro atoms. The van der Waals surface area contributed by atoms with Crippen LogP contribution in [0.2, 0.25) is 0 Å². The van der Waals surface area contributed by atoms with Gasteiger partial charge in [0.25, 0.3) is 0 Å². The highest BCUT2D eigenvalue weighted by Crippen LogP contribution is 2.31. The van der Waals surface area contributed by atoms with Crippen molar-refractivity contribution < 1.29 is 14.7 Å². The van der Waals surface area contributed by atoms with Crippen molar-refractivity contribution in [3.05, 3.63) is 5.82 Å². The molecule has 8 heteroatoms. The van der Waals surface area contributed by atoms with E-state index in [9.17, 15) is 9.59 Å². The van der Waals surface area contributed by atoms with Crippen molar-refractivity contribution >= 4 is 11.9 Å². The largest absolute Gasteiger partial charge is 0.481 e. The molecule has 104 valence electrons. The molecule has 3 unspecified atom stereocenters. The number of hydrogen-bond acceptors (Lipinski definition) is 5. The van der Waals surface area contributed by atoms with Crippen LogP contribution in [0.1, 0.15) is 38.6 Å². The SMILES string of the molecule is CC(C(=O)O)C(C)C(=O)N1CCCC1c1nn[nH]n1. The average molecular weight is 267 g/mol.